The molecule has 22 heavy (non-hydrogen) atoms. The molecule has 1 aromatic heterocycles. The van der Waals surface area contributed by atoms with Crippen molar-refractivity contribution in [2.75, 3.05) is 44.8 Å². The molecule has 1 saturated heterocycles. The molecule has 2 heterocycles. The predicted molar refractivity (Wildman–Crippen MR) is 92.5 cm³/mol. The molecule has 1 N–H and O–H groups in total. The summed E-state index contributed by atoms with van der Waals surface area (Å²) in [7, 11) is 1.93. The SMILES string of the molecule is CCNC(=NCCCSC)N1CCOC(c2cnn(C)c2)C1. The third-order valence-corrected chi connectivity index (χ3v) is 4.26. The van der Waals surface area contributed by atoms with Crippen molar-refractivity contribution in [1.29, 1.82) is 0 Å². The lowest BCUT2D eigenvalue weighted by Crippen LogP contribution is -2.48. The molecule has 1 atom stereocenters. The van der Waals surface area contributed by atoms with Crippen molar-refractivity contribution in [3.63, 3.8) is 0 Å². The normalized spacial score (nSPS) is 19.5. The fourth-order valence-electron chi connectivity index (χ4n) is 2.47. The first kappa shape index (κ1) is 17.1. The zero-order valence-corrected chi connectivity index (χ0v) is 14.6. The van der Waals surface area contributed by atoms with E-state index in [1.165, 1.54) is 0 Å². The van der Waals surface area contributed by atoms with Crippen LogP contribution in [0.3, 0.4) is 0 Å². The number of aromatic nitrogens is 2. The van der Waals surface area contributed by atoms with Crippen LogP contribution in [-0.4, -0.2) is 65.4 Å². The van der Waals surface area contributed by atoms with Crippen LogP contribution in [0.2, 0.25) is 0 Å². The molecule has 2 rings (SSSR count). The van der Waals surface area contributed by atoms with Crippen LogP contribution >= 0.6 is 11.8 Å². The Morgan fingerprint density at radius 3 is 3.14 bits per heavy atom. The Kier molecular flexibility index (Phi) is 7.05. The van der Waals surface area contributed by atoms with Gasteiger partial charge in [-0.2, -0.15) is 16.9 Å². The highest BCUT2D eigenvalue weighted by molar-refractivity contribution is 7.98. The van der Waals surface area contributed by atoms with Crippen LogP contribution in [0.4, 0.5) is 0 Å². The summed E-state index contributed by atoms with van der Waals surface area (Å²) in [6.07, 6.45) is 7.23. The van der Waals surface area contributed by atoms with Gasteiger partial charge in [-0.05, 0) is 25.4 Å². The minimum Gasteiger partial charge on any atom is -0.370 e. The van der Waals surface area contributed by atoms with Crippen molar-refractivity contribution < 1.29 is 4.74 Å². The van der Waals surface area contributed by atoms with Gasteiger partial charge in [0.25, 0.3) is 0 Å². The van der Waals surface area contributed by atoms with Gasteiger partial charge in [-0.1, -0.05) is 0 Å². The number of thioether (sulfide) groups is 1. The molecule has 0 aliphatic carbocycles. The summed E-state index contributed by atoms with van der Waals surface area (Å²) in [5, 5.41) is 7.64. The van der Waals surface area contributed by atoms with Crippen LogP contribution in [0.25, 0.3) is 0 Å². The highest BCUT2D eigenvalue weighted by atomic mass is 32.2. The van der Waals surface area contributed by atoms with Crippen molar-refractivity contribution >= 4 is 17.7 Å². The van der Waals surface area contributed by atoms with Gasteiger partial charge in [0, 0.05) is 38.4 Å². The molecule has 0 amide bonds. The van der Waals surface area contributed by atoms with Crippen LogP contribution in [-0.2, 0) is 11.8 Å². The van der Waals surface area contributed by atoms with Crippen molar-refractivity contribution in [3.05, 3.63) is 18.0 Å². The molecule has 124 valence electrons. The van der Waals surface area contributed by atoms with Gasteiger partial charge in [0.1, 0.15) is 6.10 Å². The fraction of sp³-hybridized carbons (Fsp3) is 0.733. The first-order valence-electron chi connectivity index (χ1n) is 7.87. The Balaban J connectivity index is 1.97. The van der Waals surface area contributed by atoms with E-state index in [-0.39, 0.29) is 6.10 Å². The van der Waals surface area contributed by atoms with Gasteiger partial charge in [-0.15, -0.1) is 0 Å². The number of aliphatic imine (C=N–C) groups is 1. The average Bonchev–Trinajstić information content (AvgIpc) is 2.97. The van der Waals surface area contributed by atoms with E-state index in [0.717, 1.165) is 56.5 Å². The van der Waals surface area contributed by atoms with E-state index < -0.39 is 0 Å². The van der Waals surface area contributed by atoms with Gasteiger partial charge in [0.05, 0.1) is 19.3 Å². The Hall–Kier alpha value is -1.21. The lowest BCUT2D eigenvalue weighted by molar-refractivity contribution is -0.00803. The molecule has 0 saturated carbocycles. The van der Waals surface area contributed by atoms with E-state index in [1.807, 2.05) is 35.9 Å². The second-order valence-electron chi connectivity index (χ2n) is 5.33. The maximum Gasteiger partial charge on any atom is 0.194 e. The van der Waals surface area contributed by atoms with Crippen molar-refractivity contribution in [1.82, 2.24) is 20.0 Å². The summed E-state index contributed by atoms with van der Waals surface area (Å²) in [5.74, 6) is 2.16. The minimum absolute atomic E-state index is 0.0671. The molecule has 0 aromatic carbocycles. The summed E-state index contributed by atoms with van der Waals surface area (Å²) >= 11 is 1.87. The van der Waals surface area contributed by atoms with Gasteiger partial charge >= 0.3 is 0 Å². The zero-order valence-electron chi connectivity index (χ0n) is 13.8. The third kappa shape index (κ3) is 4.91. The zero-order chi connectivity index (χ0) is 15.8. The Bertz CT molecular complexity index is 476. The van der Waals surface area contributed by atoms with Crippen molar-refractivity contribution in [2.24, 2.45) is 12.0 Å². The number of nitrogens with zero attached hydrogens (tertiary/aromatic N) is 4. The molecular weight excluding hydrogens is 298 g/mol. The van der Waals surface area contributed by atoms with Gasteiger partial charge < -0.3 is 15.0 Å². The maximum absolute atomic E-state index is 5.90. The molecule has 0 radical (unpaired) electrons. The van der Waals surface area contributed by atoms with E-state index in [9.17, 15) is 0 Å². The van der Waals surface area contributed by atoms with E-state index in [2.05, 4.69) is 28.5 Å². The first-order chi connectivity index (χ1) is 10.7. The summed E-state index contributed by atoms with van der Waals surface area (Å²) in [6.45, 7) is 6.28. The highest BCUT2D eigenvalue weighted by Crippen LogP contribution is 2.21. The topological polar surface area (TPSA) is 54.7 Å². The third-order valence-electron chi connectivity index (χ3n) is 3.57. The quantitative estimate of drug-likeness (QED) is 0.488. The summed E-state index contributed by atoms with van der Waals surface area (Å²) in [5.41, 5.74) is 1.13. The van der Waals surface area contributed by atoms with Crippen LogP contribution in [0.1, 0.15) is 25.0 Å². The number of aryl methyl sites for hydroxylation is 1. The maximum atomic E-state index is 5.90. The van der Waals surface area contributed by atoms with E-state index in [4.69, 9.17) is 9.73 Å². The lowest BCUT2D eigenvalue weighted by atomic mass is 10.1. The van der Waals surface area contributed by atoms with E-state index in [1.54, 1.807) is 0 Å². The molecule has 1 unspecified atom stereocenters. The number of ether oxygens (including phenoxy) is 1. The van der Waals surface area contributed by atoms with Crippen molar-refractivity contribution in [3.8, 4) is 0 Å². The van der Waals surface area contributed by atoms with Crippen LogP contribution in [0.5, 0.6) is 0 Å². The van der Waals surface area contributed by atoms with Gasteiger partial charge in [0.15, 0.2) is 5.96 Å². The largest absolute Gasteiger partial charge is 0.370 e. The Labute approximate surface area is 137 Å². The number of hydrogen-bond donors (Lipinski definition) is 1. The molecule has 1 aliphatic heterocycles. The number of rotatable bonds is 6. The summed E-state index contributed by atoms with van der Waals surface area (Å²) in [6, 6.07) is 0. The minimum atomic E-state index is 0.0671. The standard InChI is InChI=1S/C15H27N5OS/c1-4-16-15(17-6-5-9-22-3)20-7-8-21-14(12-20)13-10-18-19(2)11-13/h10-11,14H,4-9,12H2,1-3H3,(H,16,17). The molecular formula is C15H27N5OS. The second-order valence-corrected chi connectivity index (χ2v) is 6.32. The fourth-order valence-corrected chi connectivity index (χ4v) is 2.89. The lowest BCUT2D eigenvalue weighted by Gasteiger charge is -2.34. The molecule has 0 spiro atoms. The van der Waals surface area contributed by atoms with Crippen LogP contribution in [0.15, 0.2) is 17.4 Å². The smallest absolute Gasteiger partial charge is 0.194 e. The van der Waals surface area contributed by atoms with Crippen molar-refractivity contribution in [2.45, 2.75) is 19.4 Å². The Morgan fingerprint density at radius 2 is 2.45 bits per heavy atom. The molecule has 1 fully saturated rings. The van der Waals surface area contributed by atoms with Gasteiger partial charge in [0.2, 0.25) is 0 Å². The monoisotopic (exact) mass is 325 g/mol. The molecule has 1 aromatic rings. The van der Waals surface area contributed by atoms with Crippen LogP contribution in [0, 0.1) is 0 Å². The number of guanidine groups is 1. The molecule has 1 aliphatic rings. The van der Waals surface area contributed by atoms with Gasteiger partial charge in [-0.3, -0.25) is 9.67 Å². The predicted octanol–water partition coefficient (Wildman–Crippen LogP) is 1.51. The first-order valence-corrected chi connectivity index (χ1v) is 9.26. The van der Waals surface area contributed by atoms with E-state index >= 15 is 0 Å². The second kappa shape index (κ2) is 9.05. The number of morpholine rings is 1. The molecule has 7 heteroatoms. The van der Waals surface area contributed by atoms with Gasteiger partial charge in [-0.25, -0.2) is 0 Å². The summed E-state index contributed by atoms with van der Waals surface area (Å²) in [4.78, 5) is 7.05. The van der Waals surface area contributed by atoms with E-state index in [0.29, 0.717) is 0 Å². The highest BCUT2D eigenvalue weighted by Gasteiger charge is 2.24. The summed E-state index contributed by atoms with van der Waals surface area (Å²) < 4.78 is 7.72. The Morgan fingerprint density at radius 1 is 1.59 bits per heavy atom. The molecule has 0 bridgehead atoms. The molecule has 6 nitrogen and oxygen atoms in total. The number of hydrogen-bond acceptors (Lipinski definition) is 4. The van der Waals surface area contributed by atoms with Crippen LogP contribution < -0.4 is 5.32 Å². The number of nitrogens with one attached hydrogen (secondary N) is 1. The average molecular weight is 325 g/mol.